The second kappa shape index (κ2) is 8.26. The largest absolute Gasteiger partial charge is 0.480 e. The lowest BCUT2D eigenvalue weighted by atomic mass is 9.82. The number of Topliss-reactive ketones (excluding diaryl/α,β-unsaturated/α-hetero) is 1. The van der Waals surface area contributed by atoms with E-state index in [2.05, 4.69) is 22.5 Å². The van der Waals surface area contributed by atoms with Crippen LogP contribution in [0.3, 0.4) is 0 Å². The summed E-state index contributed by atoms with van der Waals surface area (Å²) < 4.78 is 8.74. The van der Waals surface area contributed by atoms with Gasteiger partial charge in [-0.1, -0.05) is 46.8 Å². The molecule has 0 bridgehead atoms. The number of thioether (sulfide) groups is 1. The number of ketones is 1. The molecule has 9 heteroatoms. The number of benzene rings is 1. The van der Waals surface area contributed by atoms with E-state index in [0.29, 0.717) is 5.75 Å². The van der Waals surface area contributed by atoms with Crippen LogP contribution >= 0.6 is 27.7 Å². The van der Waals surface area contributed by atoms with E-state index in [0.717, 1.165) is 0 Å². The van der Waals surface area contributed by atoms with Crippen molar-refractivity contribution in [1.29, 1.82) is 0 Å². The van der Waals surface area contributed by atoms with Gasteiger partial charge < -0.3 is 19.5 Å². The van der Waals surface area contributed by atoms with Crippen LogP contribution in [0.1, 0.15) is 27.7 Å². The van der Waals surface area contributed by atoms with Crippen molar-refractivity contribution < 1.29 is 29.0 Å². The van der Waals surface area contributed by atoms with E-state index in [1.807, 2.05) is 19.9 Å². The minimum atomic E-state index is -1.67. The maximum absolute atomic E-state index is 13.2. The SMILES string of the molecule is C=CCOC(=O)[C@@H]1N2C(=O)[C@@](Br)(C(O)C(=O)C(C)(C)Oc3ccccc3)[C@H]2SC1(C)C. The van der Waals surface area contributed by atoms with Gasteiger partial charge in [0.25, 0.3) is 0 Å². The summed E-state index contributed by atoms with van der Waals surface area (Å²) in [5, 5.41) is 10.4. The first-order chi connectivity index (χ1) is 14.4. The van der Waals surface area contributed by atoms with Crippen LogP contribution in [0.5, 0.6) is 5.75 Å². The number of amides is 1. The Labute approximate surface area is 194 Å². The average Bonchev–Trinajstić information content (AvgIpc) is 2.99. The average molecular weight is 512 g/mol. The Hall–Kier alpha value is -1.84. The Bertz CT molecular complexity index is 905. The summed E-state index contributed by atoms with van der Waals surface area (Å²) in [6.07, 6.45) is -0.222. The molecule has 1 amide bonds. The number of para-hydroxylation sites is 1. The van der Waals surface area contributed by atoms with E-state index >= 15 is 0 Å². The van der Waals surface area contributed by atoms with Gasteiger partial charge in [0, 0.05) is 4.75 Å². The van der Waals surface area contributed by atoms with Gasteiger partial charge in [0.2, 0.25) is 11.7 Å². The van der Waals surface area contributed by atoms with Crippen molar-refractivity contribution in [3.05, 3.63) is 43.0 Å². The van der Waals surface area contributed by atoms with Crippen LogP contribution in [0.4, 0.5) is 0 Å². The quantitative estimate of drug-likeness (QED) is 0.248. The molecule has 168 valence electrons. The highest BCUT2D eigenvalue weighted by molar-refractivity contribution is 9.10. The van der Waals surface area contributed by atoms with Gasteiger partial charge in [0.15, 0.2) is 9.93 Å². The van der Waals surface area contributed by atoms with Crippen LogP contribution in [0.15, 0.2) is 43.0 Å². The first kappa shape index (κ1) is 23.8. The molecular formula is C22H26BrNO6S. The second-order valence-electron chi connectivity index (χ2n) is 8.57. The Balaban J connectivity index is 1.82. The Morgan fingerprint density at radius 2 is 1.97 bits per heavy atom. The zero-order valence-electron chi connectivity index (χ0n) is 17.8. The normalized spacial score (nSPS) is 27.7. The van der Waals surface area contributed by atoms with Gasteiger partial charge in [-0.15, -0.1) is 11.8 Å². The molecule has 2 saturated heterocycles. The molecule has 4 atom stereocenters. The number of esters is 1. The molecule has 2 aliphatic rings. The number of β-lactam (4-membered cyclic amide) rings is 1. The van der Waals surface area contributed by atoms with Crippen LogP contribution in [0.2, 0.25) is 0 Å². The minimum Gasteiger partial charge on any atom is -0.480 e. The molecule has 1 unspecified atom stereocenters. The van der Waals surface area contributed by atoms with E-state index in [1.165, 1.54) is 22.7 Å². The van der Waals surface area contributed by atoms with Gasteiger partial charge in [0.05, 0.1) is 0 Å². The molecule has 1 N–H and O–H groups in total. The molecule has 0 saturated carbocycles. The van der Waals surface area contributed by atoms with Crippen LogP contribution in [0, 0.1) is 0 Å². The minimum absolute atomic E-state index is 0.0361. The summed E-state index contributed by atoms with van der Waals surface area (Å²) >= 11 is 4.70. The van der Waals surface area contributed by atoms with E-state index in [1.54, 1.807) is 38.1 Å². The van der Waals surface area contributed by atoms with Gasteiger partial charge >= 0.3 is 5.97 Å². The number of carbonyl (C=O) groups excluding carboxylic acids is 3. The summed E-state index contributed by atoms with van der Waals surface area (Å²) in [6, 6.07) is 7.94. The van der Waals surface area contributed by atoms with Crippen molar-refractivity contribution >= 4 is 45.4 Å². The number of ether oxygens (including phenoxy) is 2. The molecule has 7 nitrogen and oxygen atoms in total. The molecule has 0 aromatic heterocycles. The molecule has 0 aliphatic carbocycles. The smallest absolute Gasteiger partial charge is 0.330 e. The third kappa shape index (κ3) is 3.91. The third-order valence-corrected chi connectivity index (χ3v) is 8.61. The fourth-order valence-corrected chi connectivity index (χ4v) is 6.41. The number of nitrogens with zero attached hydrogens (tertiary/aromatic N) is 1. The van der Waals surface area contributed by atoms with E-state index in [9.17, 15) is 19.5 Å². The Morgan fingerprint density at radius 1 is 1.35 bits per heavy atom. The molecule has 2 aliphatic heterocycles. The molecule has 2 fully saturated rings. The highest BCUT2D eigenvalue weighted by Crippen LogP contribution is 2.59. The number of hydrogen-bond donors (Lipinski definition) is 1. The predicted octanol–water partition coefficient (Wildman–Crippen LogP) is 2.70. The molecule has 1 aromatic carbocycles. The highest BCUT2D eigenvalue weighted by Gasteiger charge is 2.74. The summed E-state index contributed by atoms with van der Waals surface area (Å²) in [4.78, 5) is 40.3. The molecule has 31 heavy (non-hydrogen) atoms. The van der Waals surface area contributed by atoms with Crippen molar-refractivity contribution in [3.8, 4) is 5.75 Å². The van der Waals surface area contributed by atoms with E-state index < -0.39 is 49.9 Å². The molecule has 0 radical (unpaired) electrons. The molecule has 3 rings (SSSR count). The number of aliphatic hydroxyl groups excluding tert-OH is 1. The Morgan fingerprint density at radius 3 is 2.55 bits per heavy atom. The fraction of sp³-hybridized carbons (Fsp3) is 0.500. The standard InChI is InChI=1S/C22H26BrNO6S/c1-6-12-29-17(27)14-21(4,5)31-19-22(23,18(28)24(14)19)16(26)15(25)20(2,3)30-13-10-8-7-9-11-13/h6-11,14,16,19,26H,1,12H2,2-5H3/t14-,16?,19+,22-/m0/s1. The van der Waals surface area contributed by atoms with Gasteiger partial charge in [-0.3, -0.25) is 9.59 Å². The van der Waals surface area contributed by atoms with Crippen LogP contribution in [-0.2, 0) is 19.1 Å². The van der Waals surface area contributed by atoms with Crippen molar-refractivity contribution in [2.75, 3.05) is 6.61 Å². The van der Waals surface area contributed by atoms with Gasteiger partial charge in [-0.2, -0.15) is 0 Å². The zero-order valence-corrected chi connectivity index (χ0v) is 20.2. The van der Waals surface area contributed by atoms with Gasteiger partial charge in [-0.05, 0) is 39.8 Å². The summed E-state index contributed by atoms with van der Waals surface area (Å²) in [7, 11) is 0. The number of hydrogen-bond acceptors (Lipinski definition) is 7. The van der Waals surface area contributed by atoms with E-state index in [-0.39, 0.29) is 6.61 Å². The lowest BCUT2D eigenvalue weighted by Crippen LogP contribution is -2.76. The molecule has 2 heterocycles. The third-order valence-electron chi connectivity index (χ3n) is 5.45. The lowest BCUT2D eigenvalue weighted by molar-refractivity contribution is -0.170. The fourth-order valence-electron chi connectivity index (χ4n) is 3.85. The van der Waals surface area contributed by atoms with Crippen LogP contribution in [0.25, 0.3) is 0 Å². The monoisotopic (exact) mass is 511 g/mol. The second-order valence-corrected chi connectivity index (χ2v) is 11.6. The number of carbonyl (C=O) groups is 3. The zero-order chi connectivity index (χ0) is 23.2. The van der Waals surface area contributed by atoms with Crippen LogP contribution < -0.4 is 4.74 Å². The number of rotatable bonds is 8. The number of halogens is 1. The molecule has 0 spiro atoms. The maximum Gasteiger partial charge on any atom is 0.330 e. The van der Waals surface area contributed by atoms with Crippen molar-refractivity contribution in [2.24, 2.45) is 0 Å². The van der Waals surface area contributed by atoms with Crippen molar-refractivity contribution in [2.45, 2.75) is 59.9 Å². The Kier molecular flexibility index (Phi) is 6.34. The van der Waals surface area contributed by atoms with Gasteiger partial charge in [-0.25, -0.2) is 4.79 Å². The summed E-state index contributed by atoms with van der Waals surface area (Å²) in [5.74, 6) is -1.25. The first-order valence-electron chi connectivity index (χ1n) is 9.81. The van der Waals surface area contributed by atoms with Crippen molar-refractivity contribution in [1.82, 2.24) is 4.90 Å². The first-order valence-corrected chi connectivity index (χ1v) is 11.5. The van der Waals surface area contributed by atoms with Crippen LogP contribution in [-0.4, -0.2) is 66.5 Å². The summed E-state index contributed by atoms with van der Waals surface area (Å²) in [5.41, 5.74) is -1.39. The van der Waals surface area contributed by atoms with Crippen molar-refractivity contribution in [3.63, 3.8) is 0 Å². The molecule has 1 aromatic rings. The lowest BCUT2D eigenvalue weighted by Gasteiger charge is -2.52. The maximum atomic E-state index is 13.2. The van der Waals surface area contributed by atoms with Gasteiger partial charge in [0.1, 0.15) is 29.9 Å². The highest BCUT2D eigenvalue weighted by atomic mass is 79.9. The number of fused-ring (bicyclic) bond motifs is 1. The number of aliphatic hydroxyl groups is 1. The predicted molar refractivity (Wildman–Crippen MR) is 121 cm³/mol. The molecular weight excluding hydrogens is 486 g/mol. The topological polar surface area (TPSA) is 93.1 Å². The summed E-state index contributed by atoms with van der Waals surface area (Å²) in [6.45, 7) is 10.3. The number of alkyl halides is 1. The van der Waals surface area contributed by atoms with E-state index in [4.69, 9.17) is 9.47 Å².